The maximum Gasteiger partial charge on any atom is 0.348 e. The summed E-state index contributed by atoms with van der Waals surface area (Å²) in [6.45, 7) is 2.36. The number of nitrogens with zero attached hydrogens (tertiary/aromatic N) is 5. The van der Waals surface area contributed by atoms with E-state index in [0.717, 1.165) is 36.9 Å². The number of ether oxygens (including phenoxy) is 1. The zero-order valence-electron chi connectivity index (χ0n) is 20.6. The third kappa shape index (κ3) is 6.72. The van der Waals surface area contributed by atoms with Gasteiger partial charge in [0.15, 0.2) is 5.82 Å². The smallest absolute Gasteiger partial charge is 0.348 e. The average molecular weight is 516 g/mol. The number of nitrogens with two attached hydrogens (primary N) is 1. The fourth-order valence-corrected chi connectivity index (χ4v) is 5.22. The molecule has 10 heteroatoms. The molecule has 0 aliphatic heterocycles. The summed E-state index contributed by atoms with van der Waals surface area (Å²) >= 11 is 1.38. The highest BCUT2D eigenvalue weighted by atomic mass is 32.1. The van der Waals surface area contributed by atoms with E-state index in [1.807, 2.05) is 36.6 Å². The summed E-state index contributed by atoms with van der Waals surface area (Å²) in [5, 5.41) is 5.17. The monoisotopic (exact) mass is 515 g/mol. The van der Waals surface area contributed by atoms with Crippen LogP contribution in [0.3, 0.4) is 0 Å². The van der Waals surface area contributed by atoms with Gasteiger partial charge in [0.05, 0.1) is 6.61 Å². The molecule has 37 heavy (non-hydrogen) atoms. The molecule has 4 aromatic rings. The predicted octanol–water partition coefficient (Wildman–Crippen LogP) is 4.71. The van der Waals surface area contributed by atoms with Crippen molar-refractivity contribution in [3.63, 3.8) is 0 Å². The first-order valence-electron chi connectivity index (χ1n) is 12.4. The van der Waals surface area contributed by atoms with Crippen LogP contribution in [-0.4, -0.2) is 43.5 Å². The molecule has 0 aromatic carbocycles. The summed E-state index contributed by atoms with van der Waals surface area (Å²) in [4.78, 5) is 35.5. The highest BCUT2D eigenvalue weighted by Crippen LogP contribution is 2.25. The Kier molecular flexibility index (Phi) is 7.76. The first kappa shape index (κ1) is 24.9. The van der Waals surface area contributed by atoms with Gasteiger partial charge in [-0.2, -0.15) is 0 Å². The molecule has 1 aliphatic rings. The molecule has 1 saturated carbocycles. The third-order valence-electron chi connectivity index (χ3n) is 6.23. The van der Waals surface area contributed by atoms with Gasteiger partial charge in [-0.3, -0.25) is 0 Å². The van der Waals surface area contributed by atoms with Crippen molar-refractivity contribution in [1.29, 1.82) is 0 Å². The Hall–Kier alpha value is -3.76. The van der Waals surface area contributed by atoms with Crippen molar-refractivity contribution < 1.29 is 9.53 Å². The Bertz CT molecular complexity index is 1380. The summed E-state index contributed by atoms with van der Waals surface area (Å²) in [5.74, 6) is 2.47. The SMILES string of the molecule is Cc1cccc(-c2nccc(Nc3ccnc(Cc4csc(C(=O)OC[C@@H]5CCC[C@H](N)C5)c4)n3)n2)n1. The number of pyridine rings is 1. The molecule has 0 spiro atoms. The van der Waals surface area contributed by atoms with Gasteiger partial charge in [0.25, 0.3) is 0 Å². The molecule has 0 unspecified atom stereocenters. The zero-order chi connectivity index (χ0) is 25.6. The molecule has 1 fully saturated rings. The van der Waals surface area contributed by atoms with Crippen molar-refractivity contribution in [2.24, 2.45) is 11.7 Å². The number of hydrogen-bond donors (Lipinski definition) is 2. The molecule has 0 saturated heterocycles. The quantitative estimate of drug-likeness (QED) is 0.321. The van der Waals surface area contributed by atoms with Crippen LogP contribution in [-0.2, 0) is 11.2 Å². The second kappa shape index (κ2) is 11.5. The normalized spacial score (nSPS) is 17.4. The predicted molar refractivity (Wildman–Crippen MR) is 143 cm³/mol. The minimum atomic E-state index is -0.283. The van der Waals surface area contributed by atoms with Gasteiger partial charge in [-0.25, -0.2) is 29.7 Å². The van der Waals surface area contributed by atoms with Crippen LogP contribution in [0.4, 0.5) is 11.6 Å². The number of anilines is 2. The highest BCUT2D eigenvalue weighted by Gasteiger charge is 2.21. The summed E-state index contributed by atoms with van der Waals surface area (Å²) < 4.78 is 5.57. The molecule has 3 N–H and O–H groups in total. The Morgan fingerprint density at radius 2 is 1.95 bits per heavy atom. The summed E-state index contributed by atoms with van der Waals surface area (Å²) in [7, 11) is 0. The van der Waals surface area contributed by atoms with E-state index in [1.165, 1.54) is 11.3 Å². The van der Waals surface area contributed by atoms with Crippen molar-refractivity contribution in [3.8, 4) is 11.5 Å². The number of carbonyl (C=O) groups is 1. The van der Waals surface area contributed by atoms with E-state index >= 15 is 0 Å². The lowest BCUT2D eigenvalue weighted by molar-refractivity contribution is 0.0408. The fraction of sp³-hybridized carbons (Fsp3) is 0.333. The fourth-order valence-electron chi connectivity index (χ4n) is 4.41. The van der Waals surface area contributed by atoms with Gasteiger partial charge in [0.2, 0.25) is 0 Å². The second-order valence-corrected chi connectivity index (χ2v) is 10.2. The number of nitrogens with one attached hydrogen (secondary N) is 1. The third-order valence-corrected chi connectivity index (χ3v) is 7.18. The highest BCUT2D eigenvalue weighted by molar-refractivity contribution is 7.12. The Morgan fingerprint density at radius 1 is 1.11 bits per heavy atom. The van der Waals surface area contributed by atoms with Gasteiger partial charge in [-0.15, -0.1) is 11.3 Å². The van der Waals surface area contributed by atoms with Gasteiger partial charge in [0, 0.05) is 30.6 Å². The number of esters is 1. The lowest BCUT2D eigenvalue weighted by Gasteiger charge is -2.25. The summed E-state index contributed by atoms with van der Waals surface area (Å²) in [6, 6.07) is 11.4. The van der Waals surface area contributed by atoms with Crippen LogP contribution in [0.5, 0.6) is 0 Å². The van der Waals surface area contributed by atoms with Gasteiger partial charge in [-0.1, -0.05) is 12.5 Å². The number of rotatable bonds is 8. The summed E-state index contributed by atoms with van der Waals surface area (Å²) in [6.07, 6.45) is 8.03. The molecule has 4 aromatic heterocycles. The van der Waals surface area contributed by atoms with Crippen LogP contribution in [0.15, 0.2) is 54.2 Å². The molecule has 2 atom stereocenters. The number of carbonyl (C=O) groups excluding carboxylic acids is 1. The molecule has 0 radical (unpaired) electrons. The minimum absolute atomic E-state index is 0.220. The van der Waals surface area contributed by atoms with Crippen LogP contribution in [0, 0.1) is 12.8 Å². The van der Waals surface area contributed by atoms with Crippen molar-refractivity contribution in [2.75, 3.05) is 11.9 Å². The van der Waals surface area contributed by atoms with E-state index in [2.05, 4.69) is 30.2 Å². The number of aromatic nitrogens is 5. The first-order valence-corrected chi connectivity index (χ1v) is 13.3. The molecule has 0 bridgehead atoms. The van der Waals surface area contributed by atoms with E-state index in [0.29, 0.717) is 52.8 Å². The van der Waals surface area contributed by atoms with E-state index in [9.17, 15) is 4.79 Å². The lowest BCUT2D eigenvalue weighted by atomic mass is 9.87. The first-order chi connectivity index (χ1) is 18.0. The van der Waals surface area contributed by atoms with Crippen LogP contribution in [0.1, 0.15) is 52.4 Å². The Morgan fingerprint density at radius 3 is 2.78 bits per heavy atom. The molecule has 5 rings (SSSR count). The number of aryl methyl sites for hydroxylation is 1. The van der Waals surface area contributed by atoms with Crippen LogP contribution >= 0.6 is 11.3 Å². The van der Waals surface area contributed by atoms with Crippen LogP contribution < -0.4 is 11.1 Å². The largest absolute Gasteiger partial charge is 0.461 e. The van der Waals surface area contributed by atoms with Gasteiger partial charge in [0.1, 0.15) is 28.0 Å². The van der Waals surface area contributed by atoms with Crippen molar-refractivity contribution in [3.05, 3.63) is 76.1 Å². The maximum atomic E-state index is 12.5. The number of hydrogen-bond acceptors (Lipinski definition) is 10. The molecule has 0 amide bonds. The Labute approximate surface area is 219 Å². The molecule has 1 aliphatic carbocycles. The van der Waals surface area contributed by atoms with E-state index in [1.54, 1.807) is 24.5 Å². The van der Waals surface area contributed by atoms with Gasteiger partial charge in [-0.05, 0) is 73.4 Å². The van der Waals surface area contributed by atoms with E-state index < -0.39 is 0 Å². The van der Waals surface area contributed by atoms with Crippen molar-refractivity contribution in [1.82, 2.24) is 24.9 Å². The standard InChI is InChI=1S/C27H29N7O2S/c1-17-4-2-7-21(31-17)26-30-11-9-24(34-26)32-23-8-10-29-25(33-23)14-19-13-22(37-16-19)27(35)36-15-18-5-3-6-20(28)12-18/h2,4,7-11,13,16,18,20H,3,5-6,12,14-15,28H2,1H3,(H,29,30,32,33,34)/t18-,20+/m1/s1. The van der Waals surface area contributed by atoms with E-state index in [4.69, 9.17) is 10.5 Å². The van der Waals surface area contributed by atoms with Gasteiger partial charge >= 0.3 is 5.97 Å². The minimum Gasteiger partial charge on any atom is -0.461 e. The molecular formula is C27H29N7O2S. The summed E-state index contributed by atoms with van der Waals surface area (Å²) in [5.41, 5.74) is 8.62. The van der Waals surface area contributed by atoms with Crippen LogP contribution in [0.25, 0.3) is 11.5 Å². The lowest BCUT2D eigenvalue weighted by Crippen LogP contribution is -2.30. The van der Waals surface area contributed by atoms with Crippen molar-refractivity contribution in [2.45, 2.75) is 45.1 Å². The van der Waals surface area contributed by atoms with Gasteiger partial charge < -0.3 is 15.8 Å². The molecule has 190 valence electrons. The maximum absolute atomic E-state index is 12.5. The van der Waals surface area contributed by atoms with Crippen molar-refractivity contribution >= 4 is 28.9 Å². The average Bonchev–Trinajstić information content (AvgIpc) is 3.36. The zero-order valence-corrected chi connectivity index (χ0v) is 21.4. The Balaban J connectivity index is 1.20. The molecule has 9 nitrogen and oxygen atoms in total. The molecular weight excluding hydrogens is 486 g/mol. The number of thiophene rings is 1. The van der Waals surface area contributed by atoms with Crippen LogP contribution in [0.2, 0.25) is 0 Å². The molecule has 4 heterocycles. The second-order valence-electron chi connectivity index (χ2n) is 9.30. The topological polar surface area (TPSA) is 129 Å². The van der Waals surface area contributed by atoms with E-state index in [-0.39, 0.29) is 12.0 Å².